The Balaban J connectivity index is 0.00000146. The lowest BCUT2D eigenvalue weighted by molar-refractivity contribution is 0.181. The molecule has 0 spiro atoms. The van der Waals surface area contributed by atoms with Gasteiger partial charge in [-0.1, -0.05) is 12.1 Å². The van der Waals surface area contributed by atoms with Crippen molar-refractivity contribution in [3.8, 4) is 10.4 Å². The molecule has 2 nitrogen and oxygen atoms in total. The zero-order valence-corrected chi connectivity index (χ0v) is 14.1. The maximum Gasteiger partial charge on any atom is 0.0457 e. The molecule has 5 rings (SSSR count). The Hall–Kier alpha value is -1.58. The van der Waals surface area contributed by atoms with Crippen LogP contribution in [0.25, 0.3) is 21.3 Å². The topological polar surface area (TPSA) is 19.0 Å². The Morgan fingerprint density at radius 2 is 2.17 bits per heavy atom. The Morgan fingerprint density at radius 3 is 3.09 bits per heavy atom. The van der Waals surface area contributed by atoms with E-state index in [1.165, 1.54) is 60.1 Å². The highest BCUT2D eigenvalue weighted by Gasteiger charge is 2.33. The van der Waals surface area contributed by atoms with Crippen LogP contribution in [0.2, 0.25) is 0 Å². The number of aromatic amines is 1. The molecular formula is C20H24N2S. The summed E-state index contributed by atoms with van der Waals surface area (Å²) in [4.78, 5) is 7.58. The lowest BCUT2D eigenvalue weighted by Gasteiger charge is -2.34. The molecular weight excluding hydrogens is 300 g/mol. The molecule has 2 aliphatic heterocycles. The molecule has 2 aliphatic rings. The van der Waals surface area contributed by atoms with Crippen molar-refractivity contribution >= 4 is 22.2 Å². The van der Waals surface area contributed by atoms with E-state index in [1.807, 2.05) is 11.3 Å². The fourth-order valence-electron chi connectivity index (χ4n) is 4.58. The van der Waals surface area contributed by atoms with E-state index in [4.69, 9.17) is 0 Å². The van der Waals surface area contributed by atoms with Crippen LogP contribution in [-0.2, 0) is 0 Å². The Morgan fingerprint density at radius 1 is 1.17 bits per heavy atom. The summed E-state index contributed by atoms with van der Waals surface area (Å²) in [5.41, 5.74) is 4.19. The molecule has 23 heavy (non-hydrogen) atoms. The van der Waals surface area contributed by atoms with Crippen LogP contribution >= 0.6 is 11.3 Å². The van der Waals surface area contributed by atoms with Crippen LogP contribution in [0.5, 0.6) is 0 Å². The molecule has 0 amide bonds. The minimum atomic E-state index is 0. The number of benzene rings is 1. The average Bonchev–Trinajstić information content (AvgIpc) is 3.32. The van der Waals surface area contributed by atoms with Gasteiger partial charge in [0.05, 0.1) is 0 Å². The predicted octanol–water partition coefficient (Wildman–Crippen LogP) is 5.48. The number of aromatic nitrogens is 1. The van der Waals surface area contributed by atoms with Gasteiger partial charge in [-0.2, -0.15) is 0 Å². The summed E-state index contributed by atoms with van der Waals surface area (Å²) < 4.78 is 0. The third-order valence-electron chi connectivity index (χ3n) is 5.78. The van der Waals surface area contributed by atoms with Crippen molar-refractivity contribution < 1.29 is 1.43 Å². The largest absolute Gasteiger partial charge is 0.361 e. The first-order chi connectivity index (χ1) is 11.4. The lowest BCUT2D eigenvalue weighted by atomic mass is 9.85. The number of nitrogens with zero attached hydrogens (tertiary/aromatic N) is 1. The number of hydrogen-bond acceptors (Lipinski definition) is 2. The standard InChI is InChI=1S/C20H22N2S.H2/c1-3-16-11-14(7-9-22(16)8-1)18-13-21-19-6-5-15(12-17(18)19)20-4-2-10-23-20;/h2,4-6,10,12-14,16,21H,1,3,7-9,11H2;1H. The van der Waals surface area contributed by atoms with Crippen molar-refractivity contribution in [2.24, 2.45) is 0 Å². The van der Waals surface area contributed by atoms with Crippen LogP contribution in [-0.4, -0.2) is 29.0 Å². The highest BCUT2D eigenvalue weighted by molar-refractivity contribution is 7.13. The van der Waals surface area contributed by atoms with Gasteiger partial charge >= 0.3 is 0 Å². The van der Waals surface area contributed by atoms with Gasteiger partial charge in [0.1, 0.15) is 0 Å². The van der Waals surface area contributed by atoms with Gasteiger partial charge in [0.2, 0.25) is 0 Å². The maximum absolute atomic E-state index is 3.51. The molecule has 3 aromatic rings. The van der Waals surface area contributed by atoms with Gasteiger partial charge in [-0.3, -0.25) is 0 Å². The van der Waals surface area contributed by atoms with E-state index < -0.39 is 0 Å². The first-order valence-corrected chi connectivity index (χ1v) is 9.65. The van der Waals surface area contributed by atoms with Gasteiger partial charge in [0.15, 0.2) is 0 Å². The van der Waals surface area contributed by atoms with Crippen molar-refractivity contribution in [3.05, 3.63) is 47.5 Å². The third-order valence-corrected chi connectivity index (χ3v) is 6.70. The van der Waals surface area contributed by atoms with E-state index >= 15 is 0 Å². The van der Waals surface area contributed by atoms with E-state index in [9.17, 15) is 0 Å². The van der Waals surface area contributed by atoms with Crippen LogP contribution in [0.1, 0.15) is 38.6 Å². The summed E-state index contributed by atoms with van der Waals surface area (Å²) >= 11 is 1.82. The lowest BCUT2D eigenvalue weighted by Crippen LogP contribution is -2.37. The summed E-state index contributed by atoms with van der Waals surface area (Å²) in [6.07, 6.45) is 7.73. The quantitative estimate of drug-likeness (QED) is 0.661. The monoisotopic (exact) mass is 324 g/mol. The molecule has 2 atom stereocenters. The molecule has 0 saturated carbocycles. The molecule has 2 aromatic heterocycles. The molecule has 120 valence electrons. The second-order valence-electron chi connectivity index (χ2n) is 7.04. The van der Waals surface area contributed by atoms with Crippen molar-refractivity contribution in [2.45, 2.75) is 37.6 Å². The first-order valence-electron chi connectivity index (χ1n) is 8.77. The third kappa shape index (κ3) is 2.34. The van der Waals surface area contributed by atoms with Gasteiger partial charge in [-0.15, -0.1) is 11.3 Å². The number of piperidine rings is 1. The van der Waals surface area contributed by atoms with Gasteiger partial charge < -0.3 is 9.88 Å². The number of fused-ring (bicyclic) bond motifs is 2. The molecule has 1 aromatic carbocycles. The molecule has 4 heterocycles. The van der Waals surface area contributed by atoms with Crippen molar-refractivity contribution in [1.82, 2.24) is 9.88 Å². The van der Waals surface area contributed by atoms with E-state index in [1.54, 1.807) is 5.56 Å². The minimum absolute atomic E-state index is 0. The number of hydrogen-bond donors (Lipinski definition) is 1. The fourth-order valence-corrected chi connectivity index (χ4v) is 5.31. The maximum atomic E-state index is 3.51. The SMILES string of the molecule is [HH].c1csc(-c2ccc3[nH]cc(C4CCN5CCCC5C4)c3c2)c1. The van der Waals surface area contributed by atoms with Crippen LogP contribution in [0.4, 0.5) is 0 Å². The Kier molecular flexibility index (Phi) is 3.31. The molecule has 0 bridgehead atoms. The van der Waals surface area contributed by atoms with Crippen LogP contribution in [0.3, 0.4) is 0 Å². The van der Waals surface area contributed by atoms with Crippen LogP contribution in [0.15, 0.2) is 41.9 Å². The second kappa shape index (κ2) is 5.50. The normalized spacial score (nSPS) is 25.0. The molecule has 0 radical (unpaired) electrons. The summed E-state index contributed by atoms with van der Waals surface area (Å²) in [6, 6.07) is 12.1. The highest BCUT2D eigenvalue weighted by atomic mass is 32.1. The molecule has 2 fully saturated rings. The Labute approximate surface area is 142 Å². The van der Waals surface area contributed by atoms with Gasteiger partial charge in [0, 0.05) is 29.4 Å². The van der Waals surface area contributed by atoms with E-state index in [0.717, 1.165) is 12.0 Å². The zero-order valence-electron chi connectivity index (χ0n) is 13.3. The average molecular weight is 324 g/mol. The Bertz CT molecular complexity index is 823. The van der Waals surface area contributed by atoms with Crippen LogP contribution in [0, 0.1) is 0 Å². The minimum Gasteiger partial charge on any atom is -0.361 e. The van der Waals surface area contributed by atoms with Gasteiger partial charge in [-0.25, -0.2) is 0 Å². The van der Waals surface area contributed by atoms with Gasteiger partial charge in [-0.05, 0) is 79.4 Å². The molecule has 3 heteroatoms. The summed E-state index contributed by atoms with van der Waals surface area (Å²) in [6.45, 7) is 2.61. The molecule has 2 saturated heterocycles. The highest BCUT2D eigenvalue weighted by Crippen LogP contribution is 2.39. The summed E-state index contributed by atoms with van der Waals surface area (Å²) in [5, 5.41) is 3.60. The van der Waals surface area contributed by atoms with Crippen molar-refractivity contribution in [1.29, 1.82) is 0 Å². The number of thiophene rings is 1. The smallest absolute Gasteiger partial charge is 0.0457 e. The fraction of sp³-hybridized carbons (Fsp3) is 0.400. The zero-order chi connectivity index (χ0) is 15.2. The second-order valence-corrected chi connectivity index (χ2v) is 7.98. The molecule has 2 unspecified atom stereocenters. The first kappa shape index (κ1) is 13.8. The van der Waals surface area contributed by atoms with Crippen LogP contribution < -0.4 is 0 Å². The van der Waals surface area contributed by atoms with E-state index in [2.05, 4.69) is 51.8 Å². The van der Waals surface area contributed by atoms with E-state index in [-0.39, 0.29) is 1.43 Å². The summed E-state index contributed by atoms with van der Waals surface area (Å²) in [7, 11) is 0. The van der Waals surface area contributed by atoms with E-state index in [0.29, 0.717) is 0 Å². The molecule has 0 aliphatic carbocycles. The molecule has 1 N–H and O–H groups in total. The van der Waals surface area contributed by atoms with Crippen molar-refractivity contribution in [2.75, 3.05) is 13.1 Å². The summed E-state index contributed by atoms with van der Waals surface area (Å²) in [5.74, 6) is 0.724. The predicted molar refractivity (Wildman–Crippen MR) is 100 cm³/mol. The van der Waals surface area contributed by atoms with Crippen molar-refractivity contribution in [3.63, 3.8) is 0 Å². The van der Waals surface area contributed by atoms with Gasteiger partial charge in [0.25, 0.3) is 0 Å². The number of nitrogens with one attached hydrogen (secondary N) is 1. The number of rotatable bonds is 2. The number of H-pyrrole nitrogens is 1.